The molecule has 3 N–H and O–H groups in total. The van der Waals surface area contributed by atoms with E-state index in [1.165, 1.54) is 283 Å². The molecule has 2 atom stereocenters. The van der Waals surface area contributed by atoms with Gasteiger partial charge in [0.2, 0.25) is 5.91 Å². The number of hydrogen-bond donors (Lipinski definition) is 3. The maximum Gasteiger partial charge on any atom is 0.305 e. The molecule has 0 rings (SSSR count). The average molecular weight is 1040 g/mol. The Balaban J connectivity index is 3.42. The van der Waals surface area contributed by atoms with Crippen molar-refractivity contribution in [1.82, 2.24) is 5.32 Å². The van der Waals surface area contributed by atoms with Gasteiger partial charge in [0, 0.05) is 12.8 Å². The molecule has 1 amide bonds. The average Bonchev–Trinajstić information content (AvgIpc) is 3.40. The van der Waals surface area contributed by atoms with Gasteiger partial charge in [-0.3, -0.25) is 9.59 Å². The SMILES string of the molecule is CCCCCC/C=C\C/C=C\CCCCCCCC(=O)OCCCCCCCCCCCCCCCCCCCCCCCC(=O)NC(CO)C(O)/C=C/CCCCCCCCCCCCCCCCCCCC. The summed E-state index contributed by atoms with van der Waals surface area (Å²) in [6.45, 7) is 4.90. The minimum atomic E-state index is -0.847. The van der Waals surface area contributed by atoms with Crippen LogP contribution in [0.15, 0.2) is 36.5 Å². The van der Waals surface area contributed by atoms with Crippen LogP contribution < -0.4 is 5.32 Å². The maximum absolute atomic E-state index is 12.5. The monoisotopic (exact) mass is 1040 g/mol. The van der Waals surface area contributed by atoms with Gasteiger partial charge >= 0.3 is 5.97 Å². The summed E-state index contributed by atoms with van der Waals surface area (Å²) < 4.78 is 5.48. The van der Waals surface area contributed by atoms with E-state index in [0.717, 1.165) is 51.4 Å². The number of aliphatic hydroxyl groups excluding tert-OH is 2. The highest BCUT2D eigenvalue weighted by atomic mass is 16.5. The van der Waals surface area contributed by atoms with Gasteiger partial charge in [-0.2, -0.15) is 0 Å². The van der Waals surface area contributed by atoms with E-state index >= 15 is 0 Å². The van der Waals surface area contributed by atoms with Crippen molar-refractivity contribution in [2.24, 2.45) is 0 Å². The fourth-order valence-electron chi connectivity index (χ4n) is 10.3. The topological polar surface area (TPSA) is 95.9 Å². The number of nitrogens with one attached hydrogen (secondary N) is 1. The number of esters is 1. The molecular weight excluding hydrogens is 911 g/mol. The maximum atomic E-state index is 12.5. The van der Waals surface area contributed by atoms with Gasteiger partial charge in [-0.15, -0.1) is 0 Å². The van der Waals surface area contributed by atoms with Crippen LogP contribution in [0.25, 0.3) is 0 Å². The number of ether oxygens (including phenoxy) is 1. The molecule has 0 saturated carbocycles. The predicted octanol–water partition coefficient (Wildman–Crippen LogP) is 21.1. The van der Waals surface area contributed by atoms with Gasteiger partial charge in [0.25, 0.3) is 0 Å². The van der Waals surface area contributed by atoms with Gasteiger partial charge in [-0.05, 0) is 64.2 Å². The normalized spacial score (nSPS) is 12.8. The first-order valence-electron chi connectivity index (χ1n) is 33.3. The molecule has 0 aliphatic heterocycles. The van der Waals surface area contributed by atoms with Gasteiger partial charge in [-0.1, -0.05) is 320 Å². The van der Waals surface area contributed by atoms with E-state index < -0.39 is 12.1 Å². The van der Waals surface area contributed by atoms with E-state index in [1.54, 1.807) is 6.08 Å². The van der Waals surface area contributed by atoms with Gasteiger partial charge in [-0.25, -0.2) is 0 Å². The van der Waals surface area contributed by atoms with Crippen LogP contribution in [0, 0.1) is 0 Å². The lowest BCUT2D eigenvalue weighted by Crippen LogP contribution is -2.45. The Labute approximate surface area is 462 Å². The molecule has 0 bridgehead atoms. The largest absolute Gasteiger partial charge is 0.466 e. The summed E-state index contributed by atoms with van der Waals surface area (Å²) in [4.78, 5) is 24.6. The molecule has 0 heterocycles. The zero-order chi connectivity index (χ0) is 53.6. The third-order valence-electron chi connectivity index (χ3n) is 15.4. The summed E-state index contributed by atoms with van der Waals surface area (Å²) in [5, 5.41) is 23.2. The molecule has 0 aromatic heterocycles. The quantitative estimate of drug-likeness (QED) is 0.0320. The standard InChI is InChI=1S/C68H129NO5/c1-3-5-7-9-11-13-15-17-19-21-22-26-29-32-36-40-44-48-52-56-60-66(71)65(64-70)69-67(72)61-57-53-49-45-41-37-33-30-27-24-23-25-28-31-35-39-43-47-51-55-59-63-74-68(73)62-58-54-50-46-42-38-34-20-18-16-14-12-10-8-6-4-2/h14,16,20,34,56,60,65-66,70-71H,3-13,15,17-19,21-33,35-55,57-59,61-64H2,1-2H3,(H,69,72)/b16-14-,34-20-,60-56+. The summed E-state index contributed by atoms with van der Waals surface area (Å²) in [5.41, 5.74) is 0. The van der Waals surface area contributed by atoms with Crippen molar-refractivity contribution in [3.63, 3.8) is 0 Å². The lowest BCUT2D eigenvalue weighted by Gasteiger charge is -2.20. The van der Waals surface area contributed by atoms with Crippen molar-refractivity contribution in [1.29, 1.82) is 0 Å². The Hall–Kier alpha value is -1.92. The first-order chi connectivity index (χ1) is 36.5. The van der Waals surface area contributed by atoms with Crippen molar-refractivity contribution in [2.45, 2.75) is 373 Å². The molecule has 0 aliphatic rings. The molecule has 0 spiro atoms. The Kier molecular flexibility index (Phi) is 62.0. The Bertz CT molecular complexity index is 1200. The molecular formula is C68H129NO5. The minimum Gasteiger partial charge on any atom is -0.466 e. The molecule has 436 valence electrons. The van der Waals surface area contributed by atoms with E-state index in [-0.39, 0.29) is 18.5 Å². The Morgan fingerprint density at radius 3 is 1.04 bits per heavy atom. The molecule has 6 nitrogen and oxygen atoms in total. The number of aliphatic hydroxyl groups is 2. The van der Waals surface area contributed by atoms with E-state index in [0.29, 0.717) is 19.4 Å². The highest BCUT2D eigenvalue weighted by Crippen LogP contribution is 2.18. The van der Waals surface area contributed by atoms with Crippen LogP contribution in [-0.4, -0.2) is 47.4 Å². The summed E-state index contributed by atoms with van der Waals surface area (Å²) >= 11 is 0. The van der Waals surface area contributed by atoms with E-state index in [1.807, 2.05) is 6.08 Å². The second-order valence-corrected chi connectivity index (χ2v) is 22.8. The number of carbonyl (C=O) groups is 2. The summed E-state index contributed by atoms with van der Waals surface area (Å²) in [6.07, 6.45) is 80.5. The van der Waals surface area contributed by atoms with Crippen LogP contribution in [0.4, 0.5) is 0 Å². The van der Waals surface area contributed by atoms with Gasteiger partial charge in [0.1, 0.15) is 0 Å². The number of allylic oxidation sites excluding steroid dienone is 5. The molecule has 0 radical (unpaired) electrons. The van der Waals surface area contributed by atoms with Gasteiger partial charge < -0.3 is 20.3 Å². The number of hydrogen-bond acceptors (Lipinski definition) is 5. The van der Waals surface area contributed by atoms with Crippen molar-refractivity contribution >= 4 is 11.9 Å². The zero-order valence-electron chi connectivity index (χ0n) is 49.8. The third kappa shape index (κ3) is 59.3. The molecule has 2 unspecified atom stereocenters. The van der Waals surface area contributed by atoms with Crippen LogP contribution in [0.3, 0.4) is 0 Å². The van der Waals surface area contributed by atoms with Crippen molar-refractivity contribution < 1.29 is 24.5 Å². The van der Waals surface area contributed by atoms with Crippen molar-refractivity contribution in [2.75, 3.05) is 13.2 Å². The summed E-state index contributed by atoms with van der Waals surface area (Å²) in [7, 11) is 0. The third-order valence-corrected chi connectivity index (χ3v) is 15.4. The highest BCUT2D eigenvalue weighted by Gasteiger charge is 2.18. The van der Waals surface area contributed by atoms with Crippen LogP contribution >= 0.6 is 0 Å². The smallest absolute Gasteiger partial charge is 0.305 e. The Morgan fingerprint density at radius 1 is 0.378 bits per heavy atom. The lowest BCUT2D eigenvalue weighted by molar-refractivity contribution is -0.143. The fraction of sp³-hybridized carbons (Fsp3) is 0.882. The second-order valence-electron chi connectivity index (χ2n) is 22.8. The number of carbonyl (C=O) groups excluding carboxylic acids is 2. The van der Waals surface area contributed by atoms with E-state index in [2.05, 4.69) is 43.5 Å². The van der Waals surface area contributed by atoms with Gasteiger partial charge in [0.05, 0.1) is 25.4 Å². The molecule has 74 heavy (non-hydrogen) atoms. The second kappa shape index (κ2) is 63.6. The van der Waals surface area contributed by atoms with Crippen LogP contribution in [0.1, 0.15) is 361 Å². The first-order valence-corrected chi connectivity index (χ1v) is 33.3. The van der Waals surface area contributed by atoms with Crippen LogP contribution in [0.5, 0.6) is 0 Å². The minimum absolute atomic E-state index is 0.00168. The van der Waals surface area contributed by atoms with Gasteiger partial charge in [0.15, 0.2) is 0 Å². The molecule has 0 fully saturated rings. The molecule has 0 aromatic carbocycles. The number of amides is 1. The molecule has 0 aliphatic carbocycles. The van der Waals surface area contributed by atoms with Crippen LogP contribution in [0.2, 0.25) is 0 Å². The fourth-order valence-corrected chi connectivity index (χ4v) is 10.3. The van der Waals surface area contributed by atoms with Crippen LogP contribution in [-0.2, 0) is 14.3 Å². The Morgan fingerprint density at radius 2 is 0.676 bits per heavy atom. The summed E-state index contributed by atoms with van der Waals surface area (Å²) in [5.74, 6) is -0.0679. The molecule has 0 saturated heterocycles. The van der Waals surface area contributed by atoms with Crippen molar-refractivity contribution in [3.8, 4) is 0 Å². The first kappa shape index (κ1) is 72.1. The lowest BCUT2D eigenvalue weighted by atomic mass is 10.0. The number of rotatable bonds is 62. The zero-order valence-corrected chi connectivity index (χ0v) is 49.8. The number of unbranched alkanes of at least 4 members (excludes halogenated alkanes) is 47. The van der Waals surface area contributed by atoms with Crippen molar-refractivity contribution in [3.05, 3.63) is 36.5 Å². The summed E-state index contributed by atoms with van der Waals surface area (Å²) in [6, 6.07) is -0.630. The molecule has 6 heteroatoms. The van der Waals surface area contributed by atoms with E-state index in [9.17, 15) is 19.8 Å². The molecule has 0 aromatic rings. The highest BCUT2D eigenvalue weighted by molar-refractivity contribution is 5.76. The van der Waals surface area contributed by atoms with E-state index in [4.69, 9.17) is 4.74 Å². The predicted molar refractivity (Wildman–Crippen MR) is 324 cm³/mol.